The summed E-state index contributed by atoms with van der Waals surface area (Å²) in [6.45, 7) is 0. The lowest BCUT2D eigenvalue weighted by molar-refractivity contribution is 0.487. The maximum absolute atomic E-state index is 13.5. The number of hydrogen-bond donors (Lipinski definition) is 1. The molecule has 0 aliphatic carbocycles. The molecule has 0 amide bonds. The number of halogens is 2. The van der Waals surface area contributed by atoms with Crippen LogP contribution >= 0.6 is 11.8 Å². The second-order valence-corrected chi connectivity index (χ2v) is 4.63. The third kappa shape index (κ3) is 2.24. The number of para-hydroxylation sites is 2. The molecule has 96 valence electrons. The molecule has 0 aliphatic rings. The molecule has 2 N–H and O–H groups in total. The first kappa shape index (κ1) is 11.9. The van der Waals surface area contributed by atoms with Crippen LogP contribution in [0, 0.1) is 11.6 Å². The van der Waals surface area contributed by atoms with E-state index in [1.165, 1.54) is 0 Å². The summed E-state index contributed by atoms with van der Waals surface area (Å²) in [5.41, 5.74) is 6.54. The van der Waals surface area contributed by atoms with Gasteiger partial charge in [-0.15, -0.1) is 0 Å². The van der Waals surface area contributed by atoms with Gasteiger partial charge in [-0.2, -0.15) is 0 Å². The van der Waals surface area contributed by atoms with Crippen LogP contribution in [0.2, 0.25) is 0 Å². The standard InChI is InChI=1S/C12H7F2N3OS/c13-6-5-7(14)11(17-10(6)15)19-12-16-8-3-1-2-4-9(8)18-12/h1-5H,(H2,15,17). The highest BCUT2D eigenvalue weighted by atomic mass is 32.2. The van der Waals surface area contributed by atoms with Crippen LogP contribution in [0.1, 0.15) is 0 Å². The highest BCUT2D eigenvalue weighted by Crippen LogP contribution is 2.31. The van der Waals surface area contributed by atoms with E-state index in [0.717, 1.165) is 11.8 Å². The van der Waals surface area contributed by atoms with Gasteiger partial charge in [-0.1, -0.05) is 12.1 Å². The molecule has 0 aliphatic heterocycles. The Kier molecular flexibility index (Phi) is 2.83. The minimum atomic E-state index is -0.889. The minimum absolute atomic E-state index is 0.0783. The maximum Gasteiger partial charge on any atom is 0.263 e. The second kappa shape index (κ2) is 4.51. The third-order valence-electron chi connectivity index (χ3n) is 2.38. The van der Waals surface area contributed by atoms with Crippen LogP contribution in [0.15, 0.2) is 45.0 Å². The van der Waals surface area contributed by atoms with Crippen LogP contribution in [0.5, 0.6) is 0 Å². The van der Waals surface area contributed by atoms with Crippen molar-refractivity contribution in [2.45, 2.75) is 10.2 Å². The summed E-state index contributed by atoms with van der Waals surface area (Å²) in [7, 11) is 0. The van der Waals surface area contributed by atoms with Crippen molar-refractivity contribution in [3.63, 3.8) is 0 Å². The molecule has 0 unspecified atom stereocenters. The summed E-state index contributed by atoms with van der Waals surface area (Å²) in [6.07, 6.45) is 0. The van der Waals surface area contributed by atoms with E-state index in [0.29, 0.717) is 17.2 Å². The van der Waals surface area contributed by atoms with Gasteiger partial charge in [-0.25, -0.2) is 18.7 Å². The molecule has 4 nitrogen and oxygen atoms in total. The van der Waals surface area contributed by atoms with Gasteiger partial charge in [0.25, 0.3) is 5.22 Å². The monoisotopic (exact) mass is 279 g/mol. The lowest BCUT2D eigenvalue weighted by Crippen LogP contribution is -1.98. The van der Waals surface area contributed by atoms with Gasteiger partial charge in [0, 0.05) is 6.07 Å². The van der Waals surface area contributed by atoms with Gasteiger partial charge in [0.05, 0.1) is 0 Å². The predicted molar refractivity (Wildman–Crippen MR) is 66.7 cm³/mol. The molecule has 3 aromatic rings. The zero-order valence-electron chi connectivity index (χ0n) is 9.43. The average Bonchev–Trinajstić information content (AvgIpc) is 2.78. The largest absolute Gasteiger partial charge is 0.431 e. The normalized spacial score (nSPS) is 11.1. The Morgan fingerprint density at radius 2 is 1.89 bits per heavy atom. The van der Waals surface area contributed by atoms with Gasteiger partial charge in [0.1, 0.15) is 10.5 Å². The number of oxazole rings is 1. The molecule has 0 spiro atoms. The molecule has 19 heavy (non-hydrogen) atoms. The summed E-state index contributed by atoms with van der Waals surface area (Å²) in [5, 5.41) is 0.143. The molecule has 0 bridgehead atoms. The van der Waals surface area contributed by atoms with Crippen molar-refractivity contribution in [3.05, 3.63) is 42.0 Å². The smallest absolute Gasteiger partial charge is 0.263 e. The fraction of sp³-hybridized carbons (Fsp3) is 0. The van der Waals surface area contributed by atoms with Gasteiger partial charge in [-0.3, -0.25) is 0 Å². The van der Waals surface area contributed by atoms with E-state index in [4.69, 9.17) is 10.2 Å². The molecule has 0 atom stereocenters. The Morgan fingerprint density at radius 3 is 2.68 bits per heavy atom. The predicted octanol–water partition coefficient (Wildman–Crippen LogP) is 3.23. The van der Waals surface area contributed by atoms with Crippen LogP contribution in [-0.2, 0) is 0 Å². The molecule has 2 heterocycles. The molecule has 1 aromatic carbocycles. The van der Waals surface area contributed by atoms with Crippen LogP contribution in [0.4, 0.5) is 14.6 Å². The van der Waals surface area contributed by atoms with Crippen molar-refractivity contribution in [2.75, 3.05) is 5.73 Å². The van der Waals surface area contributed by atoms with E-state index in [-0.39, 0.29) is 16.1 Å². The number of fused-ring (bicyclic) bond motifs is 1. The number of rotatable bonds is 2. The first-order valence-corrected chi connectivity index (χ1v) is 6.10. The molecule has 0 saturated heterocycles. The minimum Gasteiger partial charge on any atom is -0.431 e. The molecule has 2 aromatic heterocycles. The van der Waals surface area contributed by atoms with Crippen molar-refractivity contribution < 1.29 is 13.2 Å². The highest BCUT2D eigenvalue weighted by molar-refractivity contribution is 7.99. The number of benzene rings is 1. The highest BCUT2D eigenvalue weighted by Gasteiger charge is 2.14. The third-order valence-corrected chi connectivity index (χ3v) is 3.21. The van der Waals surface area contributed by atoms with Gasteiger partial charge in [-0.05, 0) is 23.9 Å². The molecule has 7 heteroatoms. The van der Waals surface area contributed by atoms with E-state index >= 15 is 0 Å². The van der Waals surface area contributed by atoms with Crippen molar-refractivity contribution in [1.82, 2.24) is 9.97 Å². The number of nitrogens with zero attached hydrogens (tertiary/aromatic N) is 2. The van der Waals surface area contributed by atoms with Crippen LogP contribution < -0.4 is 5.73 Å². The molecular weight excluding hydrogens is 272 g/mol. The summed E-state index contributed by atoms with van der Waals surface area (Å²) in [6, 6.07) is 7.82. The van der Waals surface area contributed by atoms with Gasteiger partial charge < -0.3 is 10.2 Å². The summed E-state index contributed by atoms with van der Waals surface area (Å²) < 4.78 is 31.9. The quantitative estimate of drug-likeness (QED) is 0.780. The van der Waals surface area contributed by atoms with Crippen molar-refractivity contribution in [2.24, 2.45) is 0 Å². The number of pyridine rings is 1. The molecule has 0 saturated carbocycles. The topological polar surface area (TPSA) is 64.9 Å². The summed E-state index contributed by atoms with van der Waals surface area (Å²) in [5.74, 6) is -2.06. The second-order valence-electron chi connectivity index (χ2n) is 3.69. The van der Waals surface area contributed by atoms with Crippen molar-refractivity contribution in [3.8, 4) is 0 Å². The fourth-order valence-corrected chi connectivity index (χ4v) is 2.25. The van der Waals surface area contributed by atoms with Crippen LogP contribution in [0.25, 0.3) is 11.1 Å². The SMILES string of the molecule is Nc1nc(Sc2nc3ccccc3o2)c(F)cc1F. The van der Waals surface area contributed by atoms with Gasteiger partial charge in [0.2, 0.25) is 0 Å². The number of nitrogen functional groups attached to an aromatic ring is 1. The van der Waals surface area contributed by atoms with E-state index < -0.39 is 11.6 Å². The van der Waals surface area contributed by atoms with E-state index in [1.807, 2.05) is 6.07 Å². The Morgan fingerprint density at radius 1 is 1.11 bits per heavy atom. The molecule has 0 radical (unpaired) electrons. The summed E-state index contributed by atoms with van der Waals surface area (Å²) in [4.78, 5) is 7.78. The average molecular weight is 279 g/mol. The Balaban J connectivity index is 1.98. The van der Waals surface area contributed by atoms with Crippen LogP contribution in [0.3, 0.4) is 0 Å². The number of nitrogens with two attached hydrogens (primary N) is 1. The first-order valence-electron chi connectivity index (χ1n) is 5.28. The van der Waals surface area contributed by atoms with E-state index in [9.17, 15) is 8.78 Å². The Bertz CT molecular complexity index is 727. The lowest BCUT2D eigenvalue weighted by atomic mass is 10.3. The van der Waals surface area contributed by atoms with Crippen molar-refractivity contribution in [1.29, 1.82) is 0 Å². The van der Waals surface area contributed by atoms with Gasteiger partial charge in [0.15, 0.2) is 23.0 Å². The molecule has 0 fully saturated rings. The van der Waals surface area contributed by atoms with E-state index in [2.05, 4.69) is 9.97 Å². The number of anilines is 1. The zero-order chi connectivity index (χ0) is 13.4. The fourth-order valence-electron chi connectivity index (χ4n) is 1.51. The molecular formula is C12H7F2N3OS. The van der Waals surface area contributed by atoms with Crippen LogP contribution in [-0.4, -0.2) is 9.97 Å². The molecule has 3 rings (SSSR count). The lowest BCUT2D eigenvalue weighted by Gasteiger charge is -2.01. The van der Waals surface area contributed by atoms with Crippen molar-refractivity contribution >= 4 is 28.7 Å². The Labute approximate surface area is 110 Å². The number of aromatic nitrogens is 2. The first-order chi connectivity index (χ1) is 9.13. The number of hydrogen-bond acceptors (Lipinski definition) is 5. The van der Waals surface area contributed by atoms with E-state index in [1.54, 1.807) is 18.2 Å². The summed E-state index contributed by atoms with van der Waals surface area (Å²) >= 11 is 0.852. The van der Waals surface area contributed by atoms with Gasteiger partial charge >= 0.3 is 0 Å². The Hall–Kier alpha value is -2.15. The maximum atomic E-state index is 13.5. The zero-order valence-corrected chi connectivity index (χ0v) is 10.2.